The topological polar surface area (TPSA) is 49.9 Å². The van der Waals surface area contributed by atoms with Gasteiger partial charge in [-0.15, -0.1) is 0 Å². The van der Waals surface area contributed by atoms with Gasteiger partial charge in [-0.1, -0.05) is 19.9 Å². The average Bonchev–Trinajstić information content (AvgIpc) is 2.91. The van der Waals surface area contributed by atoms with Crippen molar-refractivity contribution in [1.82, 2.24) is 9.80 Å². The smallest absolute Gasteiger partial charge is 0.227 e. The van der Waals surface area contributed by atoms with Gasteiger partial charge in [0, 0.05) is 37.7 Å². The van der Waals surface area contributed by atoms with Crippen LogP contribution >= 0.6 is 0 Å². The van der Waals surface area contributed by atoms with Crippen molar-refractivity contribution in [2.75, 3.05) is 33.3 Å². The normalized spacial score (nSPS) is 15.0. The van der Waals surface area contributed by atoms with Crippen molar-refractivity contribution in [3.63, 3.8) is 0 Å². The molecule has 27 heavy (non-hydrogen) atoms. The SMILES string of the molecule is CCC(CC)C(=O)N1CCCN(C(=O)Cc2cc(C)c(C)cc2OC)CC1. The second-order valence-corrected chi connectivity index (χ2v) is 7.50. The van der Waals surface area contributed by atoms with Crippen LogP contribution in [-0.4, -0.2) is 54.9 Å². The predicted molar refractivity (Wildman–Crippen MR) is 108 cm³/mol. The quantitative estimate of drug-likeness (QED) is 0.767. The van der Waals surface area contributed by atoms with E-state index in [-0.39, 0.29) is 17.7 Å². The molecule has 2 rings (SSSR count). The van der Waals surface area contributed by atoms with Gasteiger partial charge in [-0.05, 0) is 50.3 Å². The lowest BCUT2D eigenvalue weighted by molar-refractivity contribution is -0.136. The number of amides is 2. The molecule has 1 fully saturated rings. The van der Waals surface area contributed by atoms with Gasteiger partial charge >= 0.3 is 0 Å². The Morgan fingerprint density at radius 2 is 1.59 bits per heavy atom. The standard InChI is InChI=1S/C22H34N2O3/c1-6-18(7-2)22(26)24-10-8-9-23(11-12-24)21(25)15-19-13-16(3)17(4)14-20(19)27-5/h13-14,18H,6-12,15H2,1-5H3. The Morgan fingerprint density at radius 3 is 2.22 bits per heavy atom. The van der Waals surface area contributed by atoms with Gasteiger partial charge in [-0.2, -0.15) is 0 Å². The molecular formula is C22H34N2O3. The molecule has 0 bridgehead atoms. The first-order valence-corrected chi connectivity index (χ1v) is 10.1. The molecule has 0 saturated carbocycles. The molecule has 5 heteroatoms. The van der Waals surface area contributed by atoms with Gasteiger partial charge in [0.25, 0.3) is 0 Å². The lowest BCUT2D eigenvalue weighted by atomic mass is 10.0. The number of ether oxygens (including phenoxy) is 1. The Bertz CT molecular complexity index is 668. The Labute approximate surface area is 163 Å². The first-order valence-electron chi connectivity index (χ1n) is 10.1. The summed E-state index contributed by atoms with van der Waals surface area (Å²) >= 11 is 0. The molecular weight excluding hydrogens is 340 g/mol. The third kappa shape index (κ3) is 5.24. The molecule has 0 atom stereocenters. The number of methoxy groups -OCH3 is 1. The van der Waals surface area contributed by atoms with Gasteiger partial charge in [0.15, 0.2) is 0 Å². The van der Waals surface area contributed by atoms with Gasteiger partial charge in [-0.25, -0.2) is 0 Å². The van der Waals surface area contributed by atoms with E-state index < -0.39 is 0 Å². The van der Waals surface area contributed by atoms with Crippen LogP contribution in [0.25, 0.3) is 0 Å². The van der Waals surface area contributed by atoms with E-state index in [2.05, 4.69) is 20.8 Å². The van der Waals surface area contributed by atoms with E-state index in [4.69, 9.17) is 4.74 Å². The van der Waals surface area contributed by atoms with E-state index >= 15 is 0 Å². The third-order valence-corrected chi connectivity index (χ3v) is 5.73. The van der Waals surface area contributed by atoms with Crippen LogP contribution in [0.5, 0.6) is 5.75 Å². The van der Waals surface area contributed by atoms with Crippen molar-refractivity contribution in [2.45, 2.75) is 53.4 Å². The predicted octanol–water partition coefficient (Wildman–Crippen LogP) is 3.35. The van der Waals surface area contributed by atoms with Crippen molar-refractivity contribution in [3.8, 4) is 5.75 Å². The second-order valence-electron chi connectivity index (χ2n) is 7.50. The summed E-state index contributed by atoms with van der Waals surface area (Å²) in [5.41, 5.74) is 3.25. The van der Waals surface area contributed by atoms with Crippen molar-refractivity contribution >= 4 is 11.8 Å². The number of hydrogen-bond donors (Lipinski definition) is 0. The van der Waals surface area contributed by atoms with Gasteiger partial charge in [-0.3, -0.25) is 9.59 Å². The van der Waals surface area contributed by atoms with Crippen LogP contribution in [0.15, 0.2) is 12.1 Å². The summed E-state index contributed by atoms with van der Waals surface area (Å²) in [6, 6.07) is 4.04. The Balaban J connectivity index is 2.02. The van der Waals surface area contributed by atoms with Crippen LogP contribution in [-0.2, 0) is 16.0 Å². The monoisotopic (exact) mass is 374 g/mol. The maximum absolute atomic E-state index is 12.9. The molecule has 0 spiro atoms. The maximum atomic E-state index is 12.9. The fourth-order valence-corrected chi connectivity index (χ4v) is 3.74. The lowest BCUT2D eigenvalue weighted by Crippen LogP contribution is -2.40. The van der Waals surface area contributed by atoms with Gasteiger partial charge in [0.2, 0.25) is 11.8 Å². The zero-order valence-electron chi connectivity index (χ0n) is 17.5. The number of carbonyl (C=O) groups is 2. The molecule has 150 valence electrons. The minimum Gasteiger partial charge on any atom is -0.496 e. The highest BCUT2D eigenvalue weighted by Gasteiger charge is 2.26. The lowest BCUT2D eigenvalue weighted by Gasteiger charge is -2.25. The van der Waals surface area contributed by atoms with Gasteiger partial charge < -0.3 is 14.5 Å². The summed E-state index contributed by atoms with van der Waals surface area (Å²) < 4.78 is 5.47. The van der Waals surface area contributed by atoms with Gasteiger partial charge in [0.05, 0.1) is 13.5 Å². The number of carbonyl (C=O) groups excluding carboxylic acids is 2. The molecule has 1 aliphatic heterocycles. The number of rotatable bonds is 6. The maximum Gasteiger partial charge on any atom is 0.227 e. The zero-order valence-corrected chi connectivity index (χ0v) is 17.5. The zero-order chi connectivity index (χ0) is 20.0. The van der Waals surface area contributed by atoms with E-state index in [9.17, 15) is 9.59 Å². The highest BCUT2D eigenvalue weighted by Crippen LogP contribution is 2.24. The molecule has 1 aromatic rings. The molecule has 1 saturated heterocycles. The average molecular weight is 375 g/mol. The number of aryl methyl sites for hydroxylation is 2. The Hall–Kier alpha value is -2.04. The molecule has 2 amide bonds. The Morgan fingerprint density at radius 1 is 1.00 bits per heavy atom. The van der Waals surface area contributed by atoms with Crippen molar-refractivity contribution in [3.05, 3.63) is 28.8 Å². The van der Waals surface area contributed by atoms with Gasteiger partial charge in [0.1, 0.15) is 5.75 Å². The van der Waals surface area contributed by atoms with Crippen LogP contribution in [0.2, 0.25) is 0 Å². The highest BCUT2D eigenvalue weighted by molar-refractivity contribution is 5.81. The minimum absolute atomic E-state index is 0.104. The molecule has 0 radical (unpaired) electrons. The van der Waals surface area contributed by atoms with E-state index in [1.54, 1.807) is 7.11 Å². The summed E-state index contributed by atoms with van der Waals surface area (Å²) in [4.78, 5) is 29.4. The van der Waals surface area contributed by atoms with E-state index in [0.717, 1.165) is 48.2 Å². The summed E-state index contributed by atoms with van der Waals surface area (Å²) in [7, 11) is 1.64. The first kappa shape index (κ1) is 21.3. The summed E-state index contributed by atoms with van der Waals surface area (Å²) in [6.45, 7) is 10.9. The second kappa shape index (κ2) is 9.77. The number of hydrogen-bond acceptors (Lipinski definition) is 3. The summed E-state index contributed by atoms with van der Waals surface area (Å²) in [5.74, 6) is 1.22. The van der Waals surface area contributed by atoms with Crippen molar-refractivity contribution < 1.29 is 14.3 Å². The van der Waals surface area contributed by atoms with Crippen LogP contribution in [0.1, 0.15) is 49.8 Å². The molecule has 0 unspecified atom stereocenters. The van der Waals surface area contributed by atoms with E-state index in [1.807, 2.05) is 28.9 Å². The molecule has 0 aliphatic carbocycles. The Kier molecular flexibility index (Phi) is 7.69. The molecule has 0 aromatic heterocycles. The van der Waals surface area contributed by atoms with Crippen molar-refractivity contribution in [2.24, 2.45) is 5.92 Å². The molecule has 0 N–H and O–H groups in total. The van der Waals surface area contributed by atoms with Crippen LogP contribution in [0, 0.1) is 19.8 Å². The van der Waals surface area contributed by atoms with E-state index in [0.29, 0.717) is 26.1 Å². The van der Waals surface area contributed by atoms with E-state index in [1.165, 1.54) is 0 Å². The van der Waals surface area contributed by atoms with Crippen molar-refractivity contribution in [1.29, 1.82) is 0 Å². The highest BCUT2D eigenvalue weighted by atomic mass is 16.5. The molecule has 1 heterocycles. The summed E-state index contributed by atoms with van der Waals surface area (Å²) in [5, 5.41) is 0. The number of nitrogens with zero attached hydrogens (tertiary/aromatic N) is 2. The van der Waals surface area contributed by atoms with Crippen LogP contribution in [0.4, 0.5) is 0 Å². The minimum atomic E-state index is 0.104. The van der Waals surface area contributed by atoms with Crippen LogP contribution in [0.3, 0.4) is 0 Å². The molecule has 1 aliphatic rings. The fraction of sp³-hybridized carbons (Fsp3) is 0.636. The summed E-state index contributed by atoms with van der Waals surface area (Å²) in [6.07, 6.45) is 2.93. The molecule has 1 aromatic carbocycles. The van der Waals surface area contributed by atoms with Crippen LogP contribution < -0.4 is 4.74 Å². The first-order chi connectivity index (χ1) is 12.9. The fourth-order valence-electron chi connectivity index (χ4n) is 3.74. The molecule has 5 nitrogen and oxygen atoms in total. The third-order valence-electron chi connectivity index (χ3n) is 5.73. The number of benzene rings is 1. The largest absolute Gasteiger partial charge is 0.496 e.